The highest BCUT2D eigenvalue weighted by atomic mass is 32.2. The number of carbonyl (C=O) groups is 2. The molecule has 0 saturated heterocycles. The Morgan fingerprint density at radius 1 is 0.575 bits per heavy atom. The minimum atomic E-state index is -2.64. The molecule has 0 aliphatic heterocycles. The van der Waals surface area contributed by atoms with E-state index in [0.717, 1.165) is 36.4 Å². The van der Waals surface area contributed by atoms with E-state index < -0.39 is 17.6 Å². The predicted octanol–water partition coefficient (Wildman–Crippen LogP) is 4.34. The molecule has 0 rings (SSSR count). The normalized spacial score (nSPS) is 13.7. The Hall–Kier alpha value is -0.166. The Balaban J connectivity index is 4.25. The van der Waals surface area contributed by atoms with Gasteiger partial charge in [-0.05, 0) is 79.7 Å². The molecule has 0 radical (unpaired) electrons. The number of amides is 2. The van der Waals surface area contributed by atoms with Gasteiger partial charge in [0.15, 0.2) is 0 Å². The van der Waals surface area contributed by atoms with Crippen LogP contribution < -0.4 is 10.6 Å². The third-order valence-corrected chi connectivity index (χ3v) is 14.4. The van der Waals surface area contributed by atoms with Crippen molar-refractivity contribution in [3.05, 3.63) is 0 Å². The summed E-state index contributed by atoms with van der Waals surface area (Å²) in [5.74, 6) is 1.56. The largest absolute Gasteiger partial charge is 0.500 e. The molecule has 2 amide bonds. The fourth-order valence-corrected chi connectivity index (χ4v) is 11.4. The average Bonchev–Trinajstić information content (AvgIpc) is 2.92. The van der Waals surface area contributed by atoms with E-state index in [4.69, 9.17) is 26.6 Å². The standard InChI is InChI=1S/C26H56N2O8S2Si2/c1-9-31-39(32-10-2,33-11-3)21-15-19-37-23(7)25(29)27-17-18-28-26(30)24(8)38-20-16-22-40(34-12-4,35-13-5)36-14-6/h23-24H,9-22H2,1-8H3,(H,27,29)(H,28,30). The number of hydrogen-bond acceptors (Lipinski definition) is 10. The second-order valence-corrected chi connectivity index (χ2v) is 17.1. The lowest BCUT2D eigenvalue weighted by atomic mass is 10.4. The van der Waals surface area contributed by atoms with Crippen molar-refractivity contribution in [1.29, 1.82) is 0 Å². The first-order valence-electron chi connectivity index (χ1n) is 14.8. The molecule has 0 bridgehead atoms. The minimum absolute atomic E-state index is 0.0323. The highest BCUT2D eigenvalue weighted by Crippen LogP contribution is 2.23. The smallest absolute Gasteiger partial charge is 0.374 e. The van der Waals surface area contributed by atoms with Crippen LogP contribution in [0.3, 0.4) is 0 Å². The van der Waals surface area contributed by atoms with Gasteiger partial charge in [-0.1, -0.05) is 0 Å². The Morgan fingerprint density at radius 3 is 1.10 bits per heavy atom. The zero-order valence-corrected chi connectivity index (χ0v) is 29.8. The van der Waals surface area contributed by atoms with Crippen LogP contribution in [-0.2, 0) is 36.1 Å². The van der Waals surface area contributed by atoms with Crippen molar-refractivity contribution in [2.24, 2.45) is 0 Å². The monoisotopic (exact) mass is 644 g/mol. The molecule has 2 unspecified atom stereocenters. The van der Waals surface area contributed by atoms with Crippen molar-refractivity contribution in [1.82, 2.24) is 10.6 Å². The summed E-state index contributed by atoms with van der Waals surface area (Å²) < 4.78 is 35.3. The summed E-state index contributed by atoms with van der Waals surface area (Å²) in [5.41, 5.74) is 0. The summed E-state index contributed by atoms with van der Waals surface area (Å²) in [4.78, 5) is 24.9. The van der Waals surface area contributed by atoms with Crippen molar-refractivity contribution < 1.29 is 36.1 Å². The van der Waals surface area contributed by atoms with Crippen LogP contribution in [0.5, 0.6) is 0 Å². The number of carbonyl (C=O) groups excluding carboxylic acids is 2. The molecule has 0 aliphatic rings. The van der Waals surface area contributed by atoms with E-state index in [-0.39, 0.29) is 22.3 Å². The summed E-state index contributed by atoms with van der Waals surface area (Å²) in [5, 5.41) is 5.46. The molecule has 14 heteroatoms. The van der Waals surface area contributed by atoms with Crippen molar-refractivity contribution in [2.75, 3.05) is 64.2 Å². The van der Waals surface area contributed by atoms with Crippen LogP contribution in [0.1, 0.15) is 68.2 Å². The summed E-state index contributed by atoms with van der Waals surface area (Å²) in [6.07, 6.45) is 1.71. The van der Waals surface area contributed by atoms with E-state index in [9.17, 15) is 9.59 Å². The molecule has 0 saturated carbocycles. The summed E-state index contributed by atoms with van der Waals surface area (Å²) in [7, 11) is -5.28. The molecule has 0 spiro atoms. The van der Waals surface area contributed by atoms with E-state index in [0.29, 0.717) is 52.7 Å². The third kappa shape index (κ3) is 17.1. The second kappa shape index (κ2) is 24.3. The highest BCUT2D eigenvalue weighted by Gasteiger charge is 2.40. The third-order valence-electron chi connectivity index (χ3n) is 5.64. The average molecular weight is 645 g/mol. The Kier molecular flexibility index (Phi) is 24.2. The maximum Gasteiger partial charge on any atom is 0.500 e. The maximum absolute atomic E-state index is 12.5. The van der Waals surface area contributed by atoms with Crippen molar-refractivity contribution >= 4 is 52.9 Å². The van der Waals surface area contributed by atoms with Gasteiger partial charge in [-0.25, -0.2) is 0 Å². The zero-order chi connectivity index (χ0) is 30.3. The Bertz CT molecular complexity index is 582. The molecule has 0 fully saturated rings. The molecule has 10 nitrogen and oxygen atoms in total. The molecule has 0 aromatic heterocycles. The molecule has 0 aliphatic carbocycles. The molecule has 0 aromatic rings. The highest BCUT2D eigenvalue weighted by molar-refractivity contribution is 8.00. The van der Waals surface area contributed by atoms with Crippen molar-refractivity contribution in [3.8, 4) is 0 Å². The van der Waals surface area contributed by atoms with Crippen LogP contribution in [0.15, 0.2) is 0 Å². The number of nitrogens with one attached hydrogen (secondary N) is 2. The second-order valence-electron chi connectivity index (χ2n) is 8.78. The Labute approximate surface area is 254 Å². The molecule has 238 valence electrons. The molecular formula is C26H56N2O8S2Si2. The van der Waals surface area contributed by atoms with Crippen LogP contribution in [0.25, 0.3) is 0 Å². The lowest BCUT2D eigenvalue weighted by Gasteiger charge is -2.28. The lowest BCUT2D eigenvalue weighted by molar-refractivity contribution is -0.122. The van der Waals surface area contributed by atoms with E-state index >= 15 is 0 Å². The van der Waals surface area contributed by atoms with Gasteiger partial charge < -0.3 is 37.2 Å². The lowest BCUT2D eigenvalue weighted by Crippen LogP contribution is -2.46. The van der Waals surface area contributed by atoms with Crippen LogP contribution in [0.2, 0.25) is 12.1 Å². The van der Waals surface area contributed by atoms with Gasteiger partial charge in [-0.2, -0.15) is 0 Å². The van der Waals surface area contributed by atoms with Crippen LogP contribution in [-0.4, -0.2) is 104 Å². The minimum Gasteiger partial charge on any atom is -0.374 e. The zero-order valence-electron chi connectivity index (χ0n) is 26.1. The van der Waals surface area contributed by atoms with Crippen molar-refractivity contribution in [3.63, 3.8) is 0 Å². The maximum atomic E-state index is 12.5. The van der Waals surface area contributed by atoms with Crippen LogP contribution in [0.4, 0.5) is 0 Å². The van der Waals surface area contributed by atoms with E-state index in [1.54, 1.807) is 23.5 Å². The van der Waals surface area contributed by atoms with Gasteiger partial charge >= 0.3 is 17.6 Å². The van der Waals surface area contributed by atoms with Gasteiger partial charge in [0, 0.05) is 64.8 Å². The molecule has 0 heterocycles. The summed E-state index contributed by atoms with van der Waals surface area (Å²) in [6.45, 7) is 19.7. The topological polar surface area (TPSA) is 114 Å². The van der Waals surface area contributed by atoms with Crippen LogP contribution >= 0.6 is 23.5 Å². The molecule has 2 N–H and O–H groups in total. The first-order valence-corrected chi connectivity index (χ1v) is 20.8. The van der Waals surface area contributed by atoms with Gasteiger partial charge in [-0.3, -0.25) is 9.59 Å². The van der Waals surface area contributed by atoms with Gasteiger partial charge in [0.25, 0.3) is 0 Å². The fraction of sp³-hybridized carbons (Fsp3) is 0.923. The van der Waals surface area contributed by atoms with Gasteiger partial charge in [0.2, 0.25) is 11.8 Å². The molecule has 40 heavy (non-hydrogen) atoms. The Morgan fingerprint density at radius 2 is 0.850 bits per heavy atom. The summed E-state index contributed by atoms with van der Waals surface area (Å²) >= 11 is 3.20. The van der Waals surface area contributed by atoms with Gasteiger partial charge in [0.05, 0.1) is 10.5 Å². The fourth-order valence-electron chi connectivity index (χ4n) is 3.91. The first-order chi connectivity index (χ1) is 19.2. The van der Waals surface area contributed by atoms with E-state index in [2.05, 4.69) is 10.6 Å². The van der Waals surface area contributed by atoms with Gasteiger partial charge in [-0.15, -0.1) is 23.5 Å². The predicted molar refractivity (Wildman–Crippen MR) is 170 cm³/mol. The SMILES string of the molecule is CCO[Si](CCCSC(C)C(=O)NCCNC(=O)C(C)SCCC[Si](OCC)(OCC)OCC)(OCC)OCC. The molecule has 0 aromatic carbocycles. The molecule has 2 atom stereocenters. The number of rotatable bonds is 27. The number of thioether (sulfide) groups is 2. The number of hydrogen-bond donors (Lipinski definition) is 2. The van der Waals surface area contributed by atoms with Gasteiger partial charge in [0.1, 0.15) is 0 Å². The summed E-state index contributed by atoms with van der Waals surface area (Å²) in [6, 6.07) is 1.47. The molecular weight excluding hydrogens is 589 g/mol. The van der Waals surface area contributed by atoms with E-state index in [1.165, 1.54) is 0 Å². The van der Waals surface area contributed by atoms with E-state index in [1.807, 2.05) is 55.4 Å². The van der Waals surface area contributed by atoms with Crippen LogP contribution in [0, 0.1) is 0 Å². The van der Waals surface area contributed by atoms with Crippen molar-refractivity contribution in [2.45, 2.75) is 90.8 Å². The first kappa shape index (κ1) is 39.8. The quantitative estimate of drug-likeness (QED) is 0.0989.